The minimum Gasteiger partial charge on any atom is -0.468 e. The molecule has 1 rings (SSSR count). The Labute approximate surface area is 83.9 Å². The topological polar surface area (TPSA) is 44.1 Å². The second-order valence-electron chi connectivity index (χ2n) is 3.22. The molecule has 0 aromatic carbocycles. The molecular formula is C10H16N2O2. The van der Waals surface area contributed by atoms with Crippen molar-refractivity contribution in [1.29, 1.82) is 0 Å². The van der Waals surface area contributed by atoms with E-state index < -0.39 is 0 Å². The van der Waals surface area contributed by atoms with E-state index in [2.05, 4.69) is 16.6 Å². The van der Waals surface area contributed by atoms with Crippen molar-refractivity contribution in [3.8, 4) is 0 Å². The molecule has 0 saturated carbocycles. The molecule has 0 fully saturated rings. The summed E-state index contributed by atoms with van der Waals surface area (Å²) < 4.78 is 6.66. The van der Waals surface area contributed by atoms with E-state index in [1.807, 2.05) is 10.8 Å². The summed E-state index contributed by atoms with van der Waals surface area (Å²) in [5, 5.41) is 0. The average Bonchev–Trinajstić information content (AvgIpc) is 2.64. The van der Waals surface area contributed by atoms with Crippen LogP contribution in [0, 0.1) is 0 Å². The molecule has 1 atom stereocenters. The van der Waals surface area contributed by atoms with Crippen molar-refractivity contribution in [1.82, 2.24) is 9.55 Å². The number of ether oxygens (including phenoxy) is 1. The fourth-order valence-electron chi connectivity index (χ4n) is 1.41. The van der Waals surface area contributed by atoms with Crippen LogP contribution in [0.15, 0.2) is 12.4 Å². The van der Waals surface area contributed by atoms with Crippen LogP contribution in [-0.2, 0) is 16.1 Å². The fraction of sp³-hybridized carbons (Fsp3) is 0.600. The summed E-state index contributed by atoms with van der Waals surface area (Å²) in [6.07, 6.45) is 4.62. The number of aryl methyl sites for hydroxylation is 1. The van der Waals surface area contributed by atoms with Gasteiger partial charge < -0.3 is 9.30 Å². The lowest BCUT2D eigenvalue weighted by Gasteiger charge is -2.11. The third-order valence-electron chi connectivity index (χ3n) is 2.15. The fourth-order valence-corrected chi connectivity index (χ4v) is 1.41. The van der Waals surface area contributed by atoms with Gasteiger partial charge in [0.25, 0.3) is 0 Å². The molecule has 0 aliphatic carbocycles. The molecular weight excluding hydrogens is 180 g/mol. The van der Waals surface area contributed by atoms with Gasteiger partial charge in [-0.25, -0.2) is 4.98 Å². The number of imidazole rings is 1. The van der Waals surface area contributed by atoms with Gasteiger partial charge in [0.1, 0.15) is 11.7 Å². The van der Waals surface area contributed by atoms with Crippen LogP contribution in [0.4, 0.5) is 0 Å². The Kier molecular flexibility index (Phi) is 3.68. The van der Waals surface area contributed by atoms with Crippen LogP contribution in [0.2, 0.25) is 0 Å². The van der Waals surface area contributed by atoms with Crippen molar-refractivity contribution >= 4 is 5.97 Å². The standard InChI is InChI=1S/C10H16N2O2/c1-4-6-12-7-5-11-9(12)8(2)10(13)14-3/h5,7-8H,4,6H2,1-3H3. The number of methoxy groups -OCH3 is 1. The maximum absolute atomic E-state index is 11.3. The number of carbonyl (C=O) groups is 1. The largest absolute Gasteiger partial charge is 0.468 e. The summed E-state index contributed by atoms with van der Waals surface area (Å²) >= 11 is 0. The van der Waals surface area contributed by atoms with Crippen LogP contribution < -0.4 is 0 Å². The molecule has 1 heterocycles. The maximum Gasteiger partial charge on any atom is 0.316 e. The van der Waals surface area contributed by atoms with E-state index in [0.717, 1.165) is 18.8 Å². The van der Waals surface area contributed by atoms with Gasteiger partial charge in [-0.3, -0.25) is 4.79 Å². The zero-order valence-corrected chi connectivity index (χ0v) is 8.86. The number of hydrogen-bond acceptors (Lipinski definition) is 3. The number of nitrogens with zero attached hydrogens (tertiary/aromatic N) is 2. The van der Waals surface area contributed by atoms with E-state index >= 15 is 0 Å². The monoisotopic (exact) mass is 196 g/mol. The number of rotatable bonds is 4. The van der Waals surface area contributed by atoms with Crippen molar-refractivity contribution in [3.05, 3.63) is 18.2 Å². The van der Waals surface area contributed by atoms with Gasteiger partial charge in [0.15, 0.2) is 0 Å². The molecule has 0 N–H and O–H groups in total. The van der Waals surface area contributed by atoms with Crippen molar-refractivity contribution in [3.63, 3.8) is 0 Å². The molecule has 1 aromatic heterocycles. The summed E-state index contributed by atoms with van der Waals surface area (Å²) in [6.45, 7) is 4.78. The summed E-state index contributed by atoms with van der Waals surface area (Å²) in [4.78, 5) is 15.5. The van der Waals surface area contributed by atoms with Gasteiger partial charge in [-0.1, -0.05) is 6.92 Å². The lowest BCUT2D eigenvalue weighted by Crippen LogP contribution is -2.16. The minimum atomic E-state index is -0.290. The van der Waals surface area contributed by atoms with Gasteiger partial charge in [-0.2, -0.15) is 0 Å². The van der Waals surface area contributed by atoms with E-state index in [9.17, 15) is 4.79 Å². The summed E-state index contributed by atoms with van der Waals surface area (Å²) in [5.41, 5.74) is 0. The Morgan fingerprint density at radius 3 is 3.00 bits per heavy atom. The normalized spacial score (nSPS) is 12.5. The summed E-state index contributed by atoms with van der Waals surface area (Å²) in [6, 6.07) is 0. The molecule has 0 amide bonds. The summed E-state index contributed by atoms with van der Waals surface area (Å²) in [5.74, 6) is 0.244. The highest BCUT2D eigenvalue weighted by Gasteiger charge is 2.19. The Balaban J connectivity index is 2.83. The predicted octanol–water partition coefficient (Wildman–Crippen LogP) is 1.57. The number of hydrogen-bond donors (Lipinski definition) is 0. The second-order valence-corrected chi connectivity index (χ2v) is 3.22. The smallest absolute Gasteiger partial charge is 0.316 e. The number of aromatic nitrogens is 2. The molecule has 0 radical (unpaired) electrons. The molecule has 0 spiro atoms. The molecule has 78 valence electrons. The van der Waals surface area contributed by atoms with Crippen LogP contribution in [0.1, 0.15) is 32.0 Å². The van der Waals surface area contributed by atoms with E-state index in [-0.39, 0.29) is 11.9 Å². The van der Waals surface area contributed by atoms with E-state index in [1.54, 1.807) is 13.1 Å². The van der Waals surface area contributed by atoms with Gasteiger partial charge in [-0.15, -0.1) is 0 Å². The molecule has 0 aliphatic rings. The SMILES string of the molecule is CCCn1ccnc1C(C)C(=O)OC. The van der Waals surface area contributed by atoms with Gasteiger partial charge in [0.2, 0.25) is 0 Å². The Hall–Kier alpha value is -1.32. The van der Waals surface area contributed by atoms with Crippen molar-refractivity contribution < 1.29 is 9.53 Å². The quantitative estimate of drug-likeness (QED) is 0.686. The highest BCUT2D eigenvalue weighted by molar-refractivity contribution is 5.76. The van der Waals surface area contributed by atoms with E-state index in [0.29, 0.717) is 0 Å². The highest BCUT2D eigenvalue weighted by atomic mass is 16.5. The maximum atomic E-state index is 11.3. The number of esters is 1. The first kappa shape index (κ1) is 10.8. The zero-order chi connectivity index (χ0) is 10.6. The van der Waals surface area contributed by atoms with Crippen LogP contribution in [0.5, 0.6) is 0 Å². The molecule has 14 heavy (non-hydrogen) atoms. The second kappa shape index (κ2) is 4.79. The van der Waals surface area contributed by atoms with Gasteiger partial charge in [0.05, 0.1) is 7.11 Å². The van der Waals surface area contributed by atoms with Gasteiger partial charge >= 0.3 is 5.97 Å². The molecule has 0 saturated heterocycles. The molecule has 0 aliphatic heterocycles. The molecule has 1 unspecified atom stereocenters. The van der Waals surface area contributed by atoms with Crippen LogP contribution in [-0.4, -0.2) is 22.6 Å². The first-order chi connectivity index (χ1) is 6.70. The first-order valence-electron chi connectivity index (χ1n) is 4.79. The van der Waals surface area contributed by atoms with E-state index in [1.165, 1.54) is 7.11 Å². The molecule has 4 heteroatoms. The number of carbonyl (C=O) groups excluding carboxylic acids is 1. The average molecular weight is 196 g/mol. The van der Waals surface area contributed by atoms with Crippen LogP contribution in [0.3, 0.4) is 0 Å². The van der Waals surface area contributed by atoms with Crippen molar-refractivity contribution in [2.24, 2.45) is 0 Å². The summed E-state index contributed by atoms with van der Waals surface area (Å²) in [7, 11) is 1.39. The molecule has 4 nitrogen and oxygen atoms in total. The van der Waals surface area contributed by atoms with Crippen LogP contribution >= 0.6 is 0 Å². The van der Waals surface area contributed by atoms with Crippen LogP contribution in [0.25, 0.3) is 0 Å². The lowest BCUT2D eigenvalue weighted by atomic mass is 10.1. The van der Waals surface area contributed by atoms with Crippen molar-refractivity contribution in [2.75, 3.05) is 7.11 Å². The Bertz CT molecular complexity index is 307. The van der Waals surface area contributed by atoms with Gasteiger partial charge in [0, 0.05) is 18.9 Å². The predicted molar refractivity (Wildman–Crippen MR) is 52.9 cm³/mol. The third kappa shape index (κ3) is 2.13. The molecule has 1 aromatic rings. The highest BCUT2D eigenvalue weighted by Crippen LogP contribution is 2.14. The third-order valence-corrected chi connectivity index (χ3v) is 2.15. The van der Waals surface area contributed by atoms with Crippen molar-refractivity contribution in [2.45, 2.75) is 32.7 Å². The molecule has 0 bridgehead atoms. The van der Waals surface area contributed by atoms with Gasteiger partial charge in [-0.05, 0) is 13.3 Å². The Morgan fingerprint density at radius 2 is 2.43 bits per heavy atom. The first-order valence-corrected chi connectivity index (χ1v) is 4.79. The zero-order valence-electron chi connectivity index (χ0n) is 8.86. The van der Waals surface area contributed by atoms with E-state index in [4.69, 9.17) is 0 Å². The Morgan fingerprint density at radius 1 is 1.71 bits per heavy atom. The minimum absolute atomic E-state index is 0.242. The lowest BCUT2D eigenvalue weighted by molar-refractivity contribution is -0.142.